The van der Waals surface area contributed by atoms with Crippen molar-refractivity contribution in [3.05, 3.63) is 0 Å². The Morgan fingerprint density at radius 1 is 1.40 bits per heavy atom. The van der Waals surface area contributed by atoms with Crippen molar-refractivity contribution in [3.8, 4) is 0 Å². The molecule has 0 unspecified atom stereocenters. The molecule has 0 bridgehead atoms. The van der Waals surface area contributed by atoms with Crippen molar-refractivity contribution in [1.29, 1.82) is 0 Å². The Morgan fingerprint density at radius 3 is 2.60 bits per heavy atom. The van der Waals surface area contributed by atoms with E-state index in [9.17, 15) is 4.79 Å². The second kappa shape index (κ2) is 7.65. The fourth-order valence-corrected chi connectivity index (χ4v) is 1.08. The zero-order chi connectivity index (χ0) is 11.7. The monoisotopic (exact) mass is 217 g/mol. The summed E-state index contributed by atoms with van der Waals surface area (Å²) in [5, 5.41) is 3.34. The molecule has 0 rings (SSSR count). The van der Waals surface area contributed by atoms with E-state index in [1.54, 1.807) is 0 Å². The molecular weight excluding hydrogens is 194 g/mol. The molecule has 15 heavy (non-hydrogen) atoms. The van der Waals surface area contributed by atoms with Gasteiger partial charge in [-0.15, -0.1) is 0 Å². The summed E-state index contributed by atoms with van der Waals surface area (Å²) >= 11 is 0. The zero-order valence-electron chi connectivity index (χ0n) is 10.3. The molecule has 90 valence electrons. The van der Waals surface area contributed by atoms with Crippen LogP contribution in [0.1, 0.15) is 33.6 Å². The highest BCUT2D eigenvalue weighted by atomic mass is 16.6. The molecule has 0 aromatic rings. The molecule has 0 aliphatic heterocycles. The molecule has 0 aliphatic carbocycles. The van der Waals surface area contributed by atoms with Crippen LogP contribution in [0, 0.1) is 0 Å². The molecule has 0 fully saturated rings. The number of esters is 1. The molecule has 0 spiro atoms. The van der Waals surface area contributed by atoms with Crippen LogP contribution in [0.3, 0.4) is 0 Å². The Morgan fingerprint density at radius 2 is 2.07 bits per heavy atom. The van der Waals surface area contributed by atoms with Gasteiger partial charge in [-0.25, -0.2) is 4.79 Å². The van der Waals surface area contributed by atoms with Gasteiger partial charge >= 0.3 is 5.97 Å². The van der Waals surface area contributed by atoms with E-state index < -0.39 is 0 Å². The van der Waals surface area contributed by atoms with Crippen molar-refractivity contribution in [3.63, 3.8) is 0 Å². The van der Waals surface area contributed by atoms with E-state index in [-0.39, 0.29) is 18.1 Å². The van der Waals surface area contributed by atoms with Crippen LogP contribution in [0.4, 0.5) is 0 Å². The van der Waals surface area contributed by atoms with Gasteiger partial charge in [0.25, 0.3) is 0 Å². The van der Waals surface area contributed by atoms with Crippen LogP contribution < -0.4 is 5.32 Å². The number of carbonyl (C=O) groups is 1. The van der Waals surface area contributed by atoms with Crippen LogP contribution in [-0.4, -0.2) is 38.4 Å². The fraction of sp³-hybridized carbons (Fsp3) is 0.909. The third-order valence-electron chi connectivity index (χ3n) is 1.99. The van der Waals surface area contributed by atoms with Gasteiger partial charge in [-0.05, 0) is 26.8 Å². The first-order valence-electron chi connectivity index (χ1n) is 5.41. The van der Waals surface area contributed by atoms with Gasteiger partial charge in [-0.2, -0.15) is 0 Å². The Balaban J connectivity index is 3.67. The lowest BCUT2D eigenvalue weighted by atomic mass is 10.1. The normalized spacial score (nSPS) is 11.5. The second-order valence-corrected chi connectivity index (χ2v) is 4.26. The number of hydrogen-bond acceptors (Lipinski definition) is 4. The third-order valence-corrected chi connectivity index (χ3v) is 1.99. The molecule has 0 saturated carbocycles. The van der Waals surface area contributed by atoms with Gasteiger partial charge in [0.05, 0.1) is 0 Å². The summed E-state index contributed by atoms with van der Waals surface area (Å²) in [5.41, 5.74) is -0.168. The minimum atomic E-state index is -0.317. The van der Waals surface area contributed by atoms with Crippen LogP contribution in [0.5, 0.6) is 0 Å². The summed E-state index contributed by atoms with van der Waals surface area (Å²) in [4.78, 5) is 11.0. The first-order valence-corrected chi connectivity index (χ1v) is 5.41. The van der Waals surface area contributed by atoms with Gasteiger partial charge in [-0.3, -0.25) is 0 Å². The van der Waals surface area contributed by atoms with Crippen molar-refractivity contribution >= 4 is 5.97 Å². The van der Waals surface area contributed by atoms with E-state index in [1.807, 2.05) is 13.8 Å². The van der Waals surface area contributed by atoms with Crippen LogP contribution in [-0.2, 0) is 14.3 Å². The Kier molecular flexibility index (Phi) is 7.34. The minimum absolute atomic E-state index is 0.0189. The number of ether oxygens (including phenoxy) is 2. The van der Waals surface area contributed by atoms with Gasteiger partial charge in [0.15, 0.2) is 0 Å². The smallest absolute Gasteiger partial charge is 0.332 e. The fourth-order valence-electron chi connectivity index (χ4n) is 1.08. The van der Waals surface area contributed by atoms with Crippen molar-refractivity contribution in [1.82, 2.24) is 5.32 Å². The molecule has 4 heteroatoms. The average Bonchev–Trinajstić information content (AvgIpc) is 2.16. The first kappa shape index (κ1) is 14.4. The van der Waals surface area contributed by atoms with E-state index in [0.717, 1.165) is 19.4 Å². The maximum Gasteiger partial charge on any atom is 0.332 e. The molecule has 0 heterocycles. The Hall–Kier alpha value is -0.610. The zero-order valence-corrected chi connectivity index (χ0v) is 10.3. The van der Waals surface area contributed by atoms with Crippen molar-refractivity contribution < 1.29 is 14.3 Å². The van der Waals surface area contributed by atoms with Gasteiger partial charge in [-0.1, -0.05) is 13.3 Å². The molecular formula is C11H23NO3. The van der Waals surface area contributed by atoms with Crippen LogP contribution in [0.2, 0.25) is 0 Å². The Labute approximate surface area is 92.3 Å². The number of carbonyl (C=O) groups excluding carboxylic acids is 1. The lowest BCUT2D eigenvalue weighted by Gasteiger charge is -2.25. The van der Waals surface area contributed by atoms with Gasteiger partial charge in [0.2, 0.25) is 0 Å². The maximum absolute atomic E-state index is 11.0. The van der Waals surface area contributed by atoms with Crippen LogP contribution >= 0.6 is 0 Å². The molecule has 4 nitrogen and oxygen atoms in total. The SMILES string of the molecule is CCCCNC(C)(C)COC(=O)COC. The summed E-state index contributed by atoms with van der Waals surface area (Å²) in [6.45, 7) is 7.52. The summed E-state index contributed by atoms with van der Waals surface area (Å²) in [5.74, 6) is -0.317. The van der Waals surface area contributed by atoms with Crippen molar-refractivity contribution in [2.75, 3.05) is 26.9 Å². The standard InChI is InChI=1S/C11H23NO3/c1-5-6-7-12-11(2,3)9-15-10(13)8-14-4/h12H,5-9H2,1-4H3. The highest BCUT2D eigenvalue weighted by Gasteiger charge is 2.18. The summed E-state index contributed by atoms with van der Waals surface area (Å²) in [6, 6.07) is 0. The predicted octanol–water partition coefficient (Wildman–Crippen LogP) is 1.34. The predicted molar refractivity (Wildman–Crippen MR) is 59.8 cm³/mol. The number of nitrogens with one attached hydrogen (secondary N) is 1. The third kappa shape index (κ3) is 8.39. The summed E-state index contributed by atoms with van der Waals surface area (Å²) in [6.07, 6.45) is 2.29. The summed E-state index contributed by atoms with van der Waals surface area (Å²) in [7, 11) is 1.48. The van der Waals surface area contributed by atoms with Gasteiger partial charge < -0.3 is 14.8 Å². The molecule has 0 aliphatic rings. The molecule has 0 saturated heterocycles. The average molecular weight is 217 g/mol. The van der Waals surface area contributed by atoms with Crippen molar-refractivity contribution in [2.24, 2.45) is 0 Å². The number of unbranched alkanes of at least 4 members (excludes halogenated alkanes) is 1. The van der Waals surface area contributed by atoms with E-state index in [4.69, 9.17) is 4.74 Å². The molecule has 0 aromatic carbocycles. The first-order chi connectivity index (χ1) is 7.02. The summed E-state index contributed by atoms with van der Waals surface area (Å²) < 4.78 is 9.72. The minimum Gasteiger partial charge on any atom is -0.462 e. The second-order valence-electron chi connectivity index (χ2n) is 4.26. The lowest BCUT2D eigenvalue weighted by molar-refractivity contribution is -0.149. The van der Waals surface area contributed by atoms with Crippen LogP contribution in [0.15, 0.2) is 0 Å². The van der Waals surface area contributed by atoms with Crippen molar-refractivity contribution in [2.45, 2.75) is 39.2 Å². The molecule has 0 amide bonds. The number of methoxy groups -OCH3 is 1. The van der Waals surface area contributed by atoms with E-state index in [1.165, 1.54) is 7.11 Å². The number of rotatable bonds is 8. The quantitative estimate of drug-likeness (QED) is 0.492. The van der Waals surface area contributed by atoms with Gasteiger partial charge in [0, 0.05) is 12.6 Å². The van der Waals surface area contributed by atoms with E-state index in [0.29, 0.717) is 6.61 Å². The Bertz CT molecular complexity index is 181. The number of hydrogen-bond donors (Lipinski definition) is 1. The van der Waals surface area contributed by atoms with E-state index >= 15 is 0 Å². The molecule has 1 N–H and O–H groups in total. The highest BCUT2D eigenvalue weighted by Crippen LogP contribution is 2.03. The lowest BCUT2D eigenvalue weighted by Crippen LogP contribution is -2.44. The topological polar surface area (TPSA) is 47.6 Å². The molecule has 0 aromatic heterocycles. The van der Waals surface area contributed by atoms with Gasteiger partial charge in [0.1, 0.15) is 13.2 Å². The maximum atomic E-state index is 11.0. The largest absolute Gasteiger partial charge is 0.462 e. The van der Waals surface area contributed by atoms with E-state index in [2.05, 4.69) is 17.0 Å². The molecule has 0 atom stereocenters. The molecule has 0 radical (unpaired) electrons. The van der Waals surface area contributed by atoms with Crippen LogP contribution in [0.25, 0.3) is 0 Å². The highest BCUT2D eigenvalue weighted by molar-refractivity contribution is 5.70.